The summed E-state index contributed by atoms with van der Waals surface area (Å²) in [5.74, 6) is -1.18. The van der Waals surface area contributed by atoms with Crippen molar-refractivity contribution in [2.24, 2.45) is 0 Å². The third-order valence-corrected chi connectivity index (χ3v) is 4.63. The van der Waals surface area contributed by atoms with Crippen molar-refractivity contribution in [2.75, 3.05) is 16.8 Å². The lowest BCUT2D eigenvalue weighted by Crippen LogP contribution is -2.44. The van der Waals surface area contributed by atoms with Gasteiger partial charge in [0.05, 0.1) is 16.3 Å². The van der Waals surface area contributed by atoms with Gasteiger partial charge in [0.1, 0.15) is 12.2 Å². The van der Waals surface area contributed by atoms with Gasteiger partial charge >= 0.3 is 0 Å². The summed E-state index contributed by atoms with van der Waals surface area (Å²) in [6.07, 6.45) is 0. The second-order valence-corrected chi connectivity index (χ2v) is 6.61. The molecule has 0 spiro atoms. The molecule has 30 heavy (non-hydrogen) atoms. The number of aryl methyl sites for hydroxylation is 1. The maximum absolute atomic E-state index is 13.2. The molecule has 0 atom stereocenters. The molecule has 150 valence electrons. The minimum absolute atomic E-state index is 0.117. The fraction of sp³-hybridized carbons (Fsp3) is 0.100. The van der Waals surface area contributed by atoms with Crippen LogP contribution in [0.15, 0.2) is 59.4 Å². The van der Waals surface area contributed by atoms with Gasteiger partial charge in [-0.2, -0.15) is 5.10 Å². The van der Waals surface area contributed by atoms with Crippen LogP contribution in [0, 0.1) is 17.0 Å². The Balaban J connectivity index is 1.85. The van der Waals surface area contributed by atoms with Gasteiger partial charge in [-0.25, -0.2) is 4.68 Å². The van der Waals surface area contributed by atoms with Crippen LogP contribution in [-0.2, 0) is 4.79 Å². The molecule has 0 radical (unpaired) electrons. The largest absolute Gasteiger partial charge is 0.323 e. The van der Waals surface area contributed by atoms with Gasteiger partial charge in [-0.1, -0.05) is 24.3 Å². The first kappa shape index (κ1) is 19.0. The molecule has 1 aromatic heterocycles. The zero-order valence-corrected chi connectivity index (χ0v) is 15.7. The van der Waals surface area contributed by atoms with Gasteiger partial charge in [0.25, 0.3) is 11.6 Å². The second-order valence-electron chi connectivity index (χ2n) is 6.61. The number of nitrogens with zero attached hydrogens (tertiary/aromatic N) is 4. The number of hydrogen-bond donors (Lipinski definition) is 1. The number of carbonyl (C=O) groups excluding carboxylic acids is 2. The Bertz CT molecular complexity index is 1270. The first-order valence-corrected chi connectivity index (χ1v) is 8.92. The summed E-state index contributed by atoms with van der Waals surface area (Å²) >= 11 is 0. The fourth-order valence-electron chi connectivity index (χ4n) is 3.28. The zero-order valence-electron chi connectivity index (χ0n) is 15.7. The van der Waals surface area contributed by atoms with Crippen molar-refractivity contribution < 1.29 is 14.5 Å². The molecule has 0 fully saturated rings. The maximum atomic E-state index is 13.2. The van der Waals surface area contributed by atoms with Gasteiger partial charge in [0, 0.05) is 17.8 Å². The van der Waals surface area contributed by atoms with Crippen molar-refractivity contribution in [1.82, 2.24) is 9.78 Å². The van der Waals surface area contributed by atoms with Crippen molar-refractivity contribution >= 4 is 28.9 Å². The summed E-state index contributed by atoms with van der Waals surface area (Å²) in [4.78, 5) is 49.8. The number of nitro benzene ring substituents is 1. The van der Waals surface area contributed by atoms with Crippen molar-refractivity contribution in [3.63, 3.8) is 0 Å². The molecule has 4 rings (SSSR count). The highest BCUT2D eigenvalue weighted by Crippen LogP contribution is 2.29. The molecule has 10 heteroatoms. The van der Waals surface area contributed by atoms with E-state index < -0.39 is 27.9 Å². The van der Waals surface area contributed by atoms with Gasteiger partial charge in [0.15, 0.2) is 5.69 Å². The summed E-state index contributed by atoms with van der Waals surface area (Å²) in [6.45, 7) is 1.28. The minimum Gasteiger partial charge on any atom is -0.323 e. The summed E-state index contributed by atoms with van der Waals surface area (Å²) in [6, 6.07) is 13.8. The van der Waals surface area contributed by atoms with E-state index in [9.17, 15) is 24.5 Å². The molecule has 0 saturated heterocycles. The number of fused-ring (bicyclic) bond motifs is 1. The topological polar surface area (TPSA) is 127 Å². The summed E-state index contributed by atoms with van der Waals surface area (Å²) in [7, 11) is 0. The van der Waals surface area contributed by atoms with E-state index >= 15 is 0 Å². The van der Waals surface area contributed by atoms with Gasteiger partial charge in [-0.3, -0.25) is 29.4 Å². The van der Waals surface area contributed by atoms with Crippen molar-refractivity contribution in [3.8, 4) is 5.69 Å². The number of aromatic nitrogens is 2. The predicted molar refractivity (Wildman–Crippen MR) is 108 cm³/mol. The molecule has 2 amide bonds. The van der Waals surface area contributed by atoms with Crippen LogP contribution in [0.1, 0.15) is 16.2 Å². The number of rotatable bonds is 3. The highest BCUT2D eigenvalue weighted by atomic mass is 16.6. The molecule has 0 saturated carbocycles. The van der Waals surface area contributed by atoms with Gasteiger partial charge in [0.2, 0.25) is 11.3 Å². The van der Waals surface area contributed by atoms with Gasteiger partial charge < -0.3 is 5.32 Å². The molecule has 3 aromatic rings. The van der Waals surface area contributed by atoms with Crippen LogP contribution in [0.2, 0.25) is 0 Å². The molecule has 0 aliphatic carbocycles. The second kappa shape index (κ2) is 7.24. The standard InChI is InChI=1S/C20H15N5O5/c1-12-10-17(26)19(22-24(12)15-8-4-5-9-16(15)25(29)30)20(28)23-11-18(27)21-13-6-2-3-7-14(13)23/h2-10H,11H2,1H3,(H,21,27). The molecule has 10 nitrogen and oxygen atoms in total. The van der Waals surface area contributed by atoms with Gasteiger partial charge in [-0.15, -0.1) is 0 Å². The van der Waals surface area contributed by atoms with Crippen LogP contribution in [0.5, 0.6) is 0 Å². The number of para-hydroxylation sites is 4. The number of carbonyl (C=O) groups is 2. The Kier molecular flexibility index (Phi) is 4.59. The minimum atomic E-state index is -0.769. The lowest BCUT2D eigenvalue weighted by molar-refractivity contribution is -0.384. The average Bonchev–Trinajstić information content (AvgIpc) is 2.72. The van der Waals surface area contributed by atoms with Crippen molar-refractivity contribution in [3.05, 3.63) is 86.3 Å². The predicted octanol–water partition coefficient (Wildman–Crippen LogP) is 2.05. The molecule has 2 heterocycles. The number of amides is 2. The number of nitrogens with one attached hydrogen (secondary N) is 1. The van der Waals surface area contributed by atoms with E-state index in [0.29, 0.717) is 17.1 Å². The lowest BCUT2D eigenvalue weighted by Gasteiger charge is -2.28. The molecular formula is C20H15N5O5. The summed E-state index contributed by atoms with van der Waals surface area (Å²) < 4.78 is 1.18. The molecule has 0 bridgehead atoms. The van der Waals surface area contributed by atoms with Crippen LogP contribution < -0.4 is 15.6 Å². The SMILES string of the molecule is Cc1cc(=O)c(C(=O)N2CC(=O)Nc3ccccc32)nn1-c1ccccc1[N+](=O)[O-]. The Morgan fingerprint density at radius 1 is 1.10 bits per heavy atom. The highest BCUT2D eigenvalue weighted by Gasteiger charge is 2.30. The quantitative estimate of drug-likeness (QED) is 0.525. The Morgan fingerprint density at radius 3 is 2.50 bits per heavy atom. The Morgan fingerprint density at radius 2 is 1.77 bits per heavy atom. The average molecular weight is 405 g/mol. The van der Waals surface area contributed by atoms with Crippen LogP contribution in [0.4, 0.5) is 17.1 Å². The van der Waals surface area contributed by atoms with Gasteiger partial charge in [-0.05, 0) is 25.1 Å². The van der Waals surface area contributed by atoms with Crippen LogP contribution >= 0.6 is 0 Å². The molecule has 2 aromatic carbocycles. The van der Waals surface area contributed by atoms with Crippen LogP contribution in [0.3, 0.4) is 0 Å². The number of nitro groups is 1. The first-order chi connectivity index (χ1) is 14.4. The molecular weight excluding hydrogens is 390 g/mol. The Labute approximate surface area is 169 Å². The summed E-state index contributed by atoms with van der Waals surface area (Å²) in [5, 5.41) is 18.2. The number of benzene rings is 2. The van der Waals surface area contributed by atoms with E-state index in [1.165, 1.54) is 28.9 Å². The maximum Gasteiger partial charge on any atom is 0.294 e. The number of anilines is 2. The fourth-order valence-corrected chi connectivity index (χ4v) is 3.28. The van der Waals surface area contributed by atoms with E-state index in [1.54, 1.807) is 37.3 Å². The monoisotopic (exact) mass is 405 g/mol. The molecule has 1 aliphatic rings. The third kappa shape index (κ3) is 3.20. The zero-order chi connectivity index (χ0) is 21.4. The molecule has 0 unspecified atom stereocenters. The number of hydrogen-bond acceptors (Lipinski definition) is 6. The lowest BCUT2D eigenvalue weighted by atomic mass is 10.1. The van der Waals surface area contributed by atoms with Crippen LogP contribution in [-0.4, -0.2) is 33.1 Å². The Hall–Kier alpha value is -4.34. The van der Waals surface area contributed by atoms with E-state index in [4.69, 9.17) is 0 Å². The van der Waals surface area contributed by atoms with E-state index in [2.05, 4.69) is 10.4 Å². The van der Waals surface area contributed by atoms with Crippen molar-refractivity contribution in [2.45, 2.75) is 6.92 Å². The van der Waals surface area contributed by atoms with E-state index in [1.807, 2.05) is 0 Å². The van der Waals surface area contributed by atoms with Crippen molar-refractivity contribution in [1.29, 1.82) is 0 Å². The smallest absolute Gasteiger partial charge is 0.294 e. The molecule has 1 aliphatic heterocycles. The normalized spacial score (nSPS) is 12.8. The van der Waals surface area contributed by atoms with Crippen LogP contribution in [0.25, 0.3) is 5.69 Å². The third-order valence-electron chi connectivity index (χ3n) is 4.63. The molecule has 1 N–H and O–H groups in total. The first-order valence-electron chi connectivity index (χ1n) is 8.92. The van der Waals surface area contributed by atoms with E-state index in [-0.39, 0.29) is 17.9 Å². The van der Waals surface area contributed by atoms with E-state index in [0.717, 1.165) is 4.90 Å². The highest BCUT2D eigenvalue weighted by molar-refractivity contribution is 6.14. The summed E-state index contributed by atoms with van der Waals surface area (Å²) in [5.41, 5.74) is -0.000259.